The summed E-state index contributed by atoms with van der Waals surface area (Å²) in [4.78, 5) is 12.8. The second kappa shape index (κ2) is 8.53. The van der Waals surface area contributed by atoms with Gasteiger partial charge >= 0.3 is 0 Å². The Morgan fingerprint density at radius 3 is 2.41 bits per heavy atom. The lowest BCUT2D eigenvalue weighted by atomic mass is 9.93. The summed E-state index contributed by atoms with van der Waals surface area (Å²) in [5, 5.41) is 39.2. The first kappa shape index (κ1) is 20.2. The van der Waals surface area contributed by atoms with E-state index in [-0.39, 0.29) is 29.2 Å². The van der Waals surface area contributed by atoms with Gasteiger partial charge in [0.1, 0.15) is 5.75 Å². The zero-order valence-corrected chi connectivity index (χ0v) is 15.2. The van der Waals surface area contributed by atoms with E-state index in [1.165, 1.54) is 25.3 Å². The fourth-order valence-electron chi connectivity index (χ4n) is 2.88. The Labute approximate surface area is 157 Å². The number of hydrogen-bond acceptors (Lipinski definition) is 6. The van der Waals surface area contributed by atoms with Crippen LogP contribution in [0.3, 0.4) is 0 Å². The Bertz CT molecular complexity index is 911. The molecule has 2 aromatic carbocycles. The highest BCUT2D eigenvalue weighted by Crippen LogP contribution is 2.33. The molecule has 2 rings (SSSR count). The number of allylic oxidation sites excluding steroid dienone is 3. The lowest BCUT2D eigenvalue weighted by Crippen LogP contribution is -2.06. The molecule has 0 saturated heterocycles. The van der Waals surface area contributed by atoms with Crippen LogP contribution in [0.2, 0.25) is 0 Å². The Morgan fingerprint density at radius 1 is 1.19 bits per heavy atom. The summed E-state index contributed by atoms with van der Waals surface area (Å²) in [5.74, 6) is -0.628. The molecule has 2 aromatic rings. The van der Waals surface area contributed by atoms with Crippen molar-refractivity contribution in [1.82, 2.24) is 0 Å². The molecule has 0 aromatic heterocycles. The number of benzene rings is 2. The van der Waals surface area contributed by atoms with Crippen molar-refractivity contribution < 1.29 is 30.0 Å². The van der Waals surface area contributed by atoms with Crippen LogP contribution in [0.4, 0.5) is 0 Å². The molecule has 0 radical (unpaired) electrons. The number of phenolic OH excluding ortho intramolecular Hbond substituents is 1. The van der Waals surface area contributed by atoms with E-state index in [0.717, 1.165) is 0 Å². The highest BCUT2D eigenvalue weighted by molar-refractivity contribution is 6.12. The van der Waals surface area contributed by atoms with E-state index >= 15 is 0 Å². The van der Waals surface area contributed by atoms with Crippen molar-refractivity contribution in [1.29, 1.82) is 0 Å². The number of hydrogen-bond donors (Lipinski definition) is 4. The molecule has 4 N–H and O–H groups in total. The number of methoxy groups -OCH3 is 1. The lowest BCUT2D eigenvalue weighted by Gasteiger charge is -2.14. The van der Waals surface area contributed by atoms with Crippen LogP contribution in [0.15, 0.2) is 43.0 Å². The van der Waals surface area contributed by atoms with E-state index in [4.69, 9.17) is 4.74 Å². The van der Waals surface area contributed by atoms with Gasteiger partial charge in [-0.1, -0.05) is 24.8 Å². The number of ketones is 1. The average Bonchev–Trinajstić information content (AvgIpc) is 2.65. The molecule has 0 bridgehead atoms. The van der Waals surface area contributed by atoms with Gasteiger partial charge in [-0.15, -0.1) is 0 Å². The maximum absolute atomic E-state index is 12.8. The molecule has 0 fully saturated rings. The third-order valence-corrected chi connectivity index (χ3v) is 4.29. The molecule has 0 aliphatic rings. The summed E-state index contributed by atoms with van der Waals surface area (Å²) in [5.41, 5.74) is 1.96. The minimum absolute atomic E-state index is 0.0355. The zero-order chi connectivity index (χ0) is 20.1. The summed E-state index contributed by atoms with van der Waals surface area (Å²) in [6, 6.07) is 6.23. The van der Waals surface area contributed by atoms with Crippen molar-refractivity contribution in [2.75, 3.05) is 7.11 Å². The predicted molar refractivity (Wildman–Crippen MR) is 102 cm³/mol. The van der Waals surface area contributed by atoms with Crippen LogP contribution in [-0.2, 0) is 13.2 Å². The van der Waals surface area contributed by atoms with Gasteiger partial charge in [-0.05, 0) is 47.4 Å². The predicted octanol–water partition coefficient (Wildman–Crippen LogP) is 2.85. The number of carbonyl (C=O) groups excluding carboxylic acids is 1. The third-order valence-electron chi connectivity index (χ3n) is 4.29. The van der Waals surface area contributed by atoms with E-state index < -0.39 is 12.4 Å². The van der Waals surface area contributed by atoms with Crippen LogP contribution in [-0.4, -0.2) is 33.3 Å². The maximum Gasteiger partial charge on any atom is 0.190 e. The molecular formula is C21H22O6. The first-order valence-electron chi connectivity index (χ1n) is 8.19. The molecule has 0 atom stereocenters. The van der Waals surface area contributed by atoms with Crippen molar-refractivity contribution in [3.05, 3.63) is 70.8 Å². The summed E-state index contributed by atoms with van der Waals surface area (Å²) in [6.45, 7) is 4.46. The number of phenols is 2. The largest absolute Gasteiger partial charge is 0.507 e. The topological polar surface area (TPSA) is 107 Å². The first-order valence-corrected chi connectivity index (χ1v) is 8.19. The van der Waals surface area contributed by atoms with Crippen LogP contribution >= 0.6 is 0 Å². The first-order chi connectivity index (χ1) is 12.9. The molecule has 6 nitrogen and oxygen atoms in total. The Morgan fingerprint density at radius 2 is 1.89 bits per heavy atom. The van der Waals surface area contributed by atoms with Crippen molar-refractivity contribution in [3.8, 4) is 17.2 Å². The van der Waals surface area contributed by atoms with Crippen molar-refractivity contribution in [2.24, 2.45) is 0 Å². The van der Waals surface area contributed by atoms with E-state index in [1.807, 2.05) is 0 Å². The van der Waals surface area contributed by atoms with Gasteiger partial charge in [0.05, 0.1) is 25.9 Å². The average molecular weight is 370 g/mol. The van der Waals surface area contributed by atoms with Gasteiger partial charge in [0.25, 0.3) is 0 Å². The number of aromatic hydroxyl groups is 2. The Hall–Kier alpha value is -3.09. The lowest BCUT2D eigenvalue weighted by molar-refractivity contribution is 0.104. The molecule has 0 unspecified atom stereocenters. The molecule has 0 heterocycles. The van der Waals surface area contributed by atoms with Gasteiger partial charge in [-0.3, -0.25) is 4.79 Å². The number of aryl methyl sites for hydroxylation is 1. The second-order valence-corrected chi connectivity index (χ2v) is 5.93. The molecule has 0 spiro atoms. The molecule has 27 heavy (non-hydrogen) atoms. The van der Waals surface area contributed by atoms with E-state index in [9.17, 15) is 25.2 Å². The zero-order valence-electron chi connectivity index (χ0n) is 15.2. The van der Waals surface area contributed by atoms with E-state index in [0.29, 0.717) is 28.0 Å². The van der Waals surface area contributed by atoms with Gasteiger partial charge in [0.2, 0.25) is 0 Å². The van der Waals surface area contributed by atoms with Crippen molar-refractivity contribution >= 4 is 11.4 Å². The fraction of sp³-hybridized carbons (Fsp3) is 0.190. The van der Waals surface area contributed by atoms with Crippen LogP contribution in [0.5, 0.6) is 17.2 Å². The molecule has 6 heteroatoms. The van der Waals surface area contributed by atoms with Gasteiger partial charge in [-0.25, -0.2) is 0 Å². The number of ether oxygens (including phenoxy) is 1. The number of aliphatic hydroxyl groups is 2. The number of aliphatic hydroxyl groups excluding tert-OH is 2. The standard InChI is InChI=1S/C21H22O6/c1-4-13(14-5-6-19(27-3)17(24)9-14)8-18(25)20-12(2)7-15(10-22)16(11-23)21(20)26/h4-9,22-24,26H,1,10-11H2,2-3H3/b13-8+. The Balaban J connectivity index is 2.53. The monoisotopic (exact) mass is 370 g/mol. The van der Waals surface area contributed by atoms with Crippen molar-refractivity contribution in [2.45, 2.75) is 20.1 Å². The Kier molecular flexibility index (Phi) is 6.39. The van der Waals surface area contributed by atoms with Crippen LogP contribution in [0, 0.1) is 6.92 Å². The van der Waals surface area contributed by atoms with Gasteiger partial charge in [0.15, 0.2) is 17.3 Å². The highest BCUT2D eigenvalue weighted by atomic mass is 16.5. The summed E-state index contributed by atoms with van der Waals surface area (Å²) >= 11 is 0. The SMILES string of the molecule is C=C/C(=C\C(=O)c1c(C)cc(CO)c(CO)c1O)c1ccc(OC)c(O)c1. The van der Waals surface area contributed by atoms with Crippen LogP contribution < -0.4 is 4.74 Å². The fourth-order valence-corrected chi connectivity index (χ4v) is 2.88. The van der Waals surface area contributed by atoms with Crippen LogP contribution in [0.1, 0.15) is 32.6 Å². The molecule has 142 valence electrons. The van der Waals surface area contributed by atoms with Gasteiger partial charge < -0.3 is 25.2 Å². The summed E-state index contributed by atoms with van der Waals surface area (Å²) in [6.07, 6.45) is 2.75. The van der Waals surface area contributed by atoms with E-state index in [2.05, 4.69) is 6.58 Å². The van der Waals surface area contributed by atoms with Crippen molar-refractivity contribution in [3.63, 3.8) is 0 Å². The second-order valence-electron chi connectivity index (χ2n) is 5.93. The maximum atomic E-state index is 12.8. The van der Waals surface area contributed by atoms with E-state index in [1.54, 1.807) is 25.1 Å². The molecule has 0 saturated carbocycles. The minimum Gasteiger partial charge on any atom is -0.507 e. The minimum atomic E-state index is -0.507. The quantitative estimate of drug-likeness (QED) is 0.339. The van der Waals surface area contributed by atoms with Gasteiger partial charge in [-0.2, -0.15) is 0 Å². The number of rotatable bonds is 7. The molecule has 0 aliphatic heterocycles. The normalized spacial score (nSPS) is 11.3. The molecule has 0 amide bonds. The molecule has 0 aliphatic carbocycles. The van der Waals surface area contributed by atoms with Gasteiger partial charge in [0, 0.05) is 5.56 Å². The van der Waals surface area contributed by atoms with Crippen LogP contribution in [0.25, 0.3) is 5.57 Å². The summed E-state index contributed by atoms with van der Waals surface area (Å²) in [7, 11) is 1.43. The number of carbonyl (C=O) groups is 1. The molecular weight excluding hydrogens is 348 g/mol. The highest BCUT2D eigenvalue weighted by Gasteiger charge is 2.19. The third kappa shape index (κ3) is 4.02. The summed E-state index contributed by atoms with van der Waals surface area (Å²) < 4.78 is 5.00. The smallest absolute Gasteiger partial charge is 0.190 e.